The number of imidazole rings is 1. The second kappa shape index (κ2) is 2.98. The van der Waals surface area contributed by atoms with Crippen molar-refractivity contribution < 1.29 is 0 Å². The maximum Gasteiger partial charge on any atom is 0.105 e. The van der Waals surface area contributed by atoms with Gasteiger partial charge in [0.15, 0.2) is 0 Å². The lowest BCUT2D eigenvalue weighted by molar-refractivity contribution is 0.923. The lowest BCUT2D eigenvalue weighted by atomic mass is 10.3. The first-order chi connectivity index (χ1) is 4.34. The van der Waals surface area contributed by atoms with Gasteiger partial charge in [0.05, 0.1) is 21.8 Å². The quantitative estimate of drug-likeness (QED) is 0.739. The third kappa shape index (κ3) is 1.53. The van der Waals surface area contributed by atoms with Crippen LogP contribution in [0.1, 0.15) is 5.69 Å². The minimum Gasteiger partial charge on any atom is -0.330 e. The molecule has 2 N–H and O–H groups in total. The molecule has 0 bridgehead atoms. The number of nitrogens with two attached hydrogens (primary N) is 1. The maximum absolute atomic E-state index is 5.33. The molecule has 9 heavy (non-hydrogen) atoms. The highest BCUT2D eigenvalue weighted by atomic mass is 79.9. The molecule has 0 spiro atoms. The number of hydrogen-bond donors (Lipinski definition) is 1. The summed E-state index contributed by atoms with van der Waals surface area (Å²) in [4.78, 5) is 3.90. The van der Waals surface area contributed by atoms with Crippen LogP contribution in [0.3, 0.4) is 0 Å². The van der Waals surface area contributed by atoms with Gasteiger partial charge in [-0.3, -0.25) is 3.59 Å². The molecule has 0 radical (unpaired) electrons. The van der Waals surface area contributed by atoms with Crippen LogP contribution in [0, 0.1) is 0 Å². The SMILES string of the molecule is NCCc1cncn1Br. The van der Waals surface area contributed by atoms with Gasteiger partial charge in [-0.05, 0) is 6.54 Å². The molecule has 0 atom stereocenters. The molecule has 0 aromatic carbocycles. The van der Waals surface area contributed by atoms with Crippen LogP contribution in [0.4, 0.5) is 0 Å². The molecule has 0 fully saturated rings. The fourth-order valence-electron chi connectivity index (χ4n) is 0.626. The van der Waals surface area contributed by atoms with Gasteiger partial charge in [-0.15, -0.1) is 0 Å². The first-order valence-electron chi connectivity index (χ1n) is 2.72. The van der Waals surface area contributed by atoms with Crippen molar-refractivity contribution in [2.45, 2.75) is 6.42 Å². The zero-order chi connectivity index (χ0) is 6.69. The van der Waals surface area contributed by atoms with E-state index in [1.807, 2.05) is 0 Å². The average molecular weight is 190 g/mol. The van der Waals surface area contributed by atoms with E-state index in [9.17, 15) is 0 Å². The van der Waals surface area contributed by atoms with E-state index in [0.29, 0.717) is 6.54 Å². The lowest BCUT2D eigenvalue weighted by Gasteiger charge is -1.93. The van der Waals surface area contributed by atoms with Gasteiger partial charge in [0.2, 0.25) is 0 Å². The smallest absolute Gasteiger partial charge is 0.105 e. The van der Waals surface area contributed by atoms with Crippen molar-refractivity contribution >= 4 is 16.1 Å². The van der Waals surface area contributed by atoms with Crippen LogP contribution in [0.25, 0.3) is 0 Å². The van der Waals surface area contributed by atoms with Crippen LogP contribution in [-0.4, -0.2) is 15.1 Å². The summed E-state index contributed by atoms with van der Waals surface area (Å²) in [5.41, 5.74) is 6.44. The minimum atomic E-state index is 0.664. The molecule has 0 saturated carbocycles. The van der Waals surface area contributed by atoms with Crippen molar-refractivity contribution in [3.05, 3.63) is 18.2 Å². The monoisotopic (exact) mass is 189 g/mol. The summed E-state index contributed by atoms with van der Waals surface area (Å²) in [6.45, 7) is 0.664. The van der Waals surface area contributed by atoms with E-state index in [0.717, 1.165) is 12.1 Å². The Hall–Kier alpha value is -0.350. The Morgan fingerprint density at radius 1 is 1.78 bits per heavy atom. The van der Waals surface area contributed by atoms with E-state index in [1.54, 1.807) is 16.1 Å². The van der Waals surface area contributed by atoms with Crippen molar-refractivity contribution in [3.8, 4) is 0 Å². The van der Waals surface area contributed by atoms with Gasteiger partial charge in [0.25, 0.3) is 0 Å². The molecule has 3 nitrogen and oxygen atoms in total. The molecule has 1 aromatic heterocycles. The summed E-state index contributed by atoms with van der Waals surface area (Å²) in [5.74, 6) is 0. The molecule has 1 heterocycles. The van der Waals surface area contributed by atoms with Gasteiger partial charge in [-0.25, -0.2) is 4.98 Å². The Kier molecular flexibility index (Phi) is 2.24. The summed E-state index contributed by atoms with van der Waals surface area (Å²) in [6.07, 6.45) is 4.36. The van der Waals surface area contributed by atoms with Crippen molar-refractivity contribution in [2.75, 3.05) is 6.54 Å². The molecule has 0 saturated heterocycles. The summed E-state index contributed by atoms with van der Waals surface area (Å²) in [7, 11) is 0. The van der Waals surface area contributed by atoms with E-state index < -0.39 is 0 Å². The summed E-state index contributed by atoms with van der Waals surface area (Å²) in [6, 6.07) is 0. The van der Waals surface area contributed by atoms with Crippen molar-refractivity contribution in [2.24, 2.45) is 5.73 Å². The standard InChI is InChI=1S/C5H8BrN3/c6-9-4-8-3-5(9)1-2-7/h3-4H,1-2,7H2. The molecule has 0 aliphatic rings. The van der Waals surface area contributed by atoms with Crippen LogP contribution in [0.5, 0.6) is 0 Å². The van der Waals surface area contributed by atoms with Gasteiger partial charge in [-0.2, -0.15) is 0 Å². The highest BCUT2D eigenvalue weighted by molar-refractivity contribution is 9.08. The fourth-order valence-corrected chi connectivity index (χ4v) is 1.00. The molecule has 4 heteroatoms. The molecular weight excluding hydrogens is 182 g/mol. The largest absolute Gasteiger partial charge is 0.330 e. The minimum absolute atomic E-state index is 0.664. The predicted octanol–water partition coefficient (Wildman–Crippen LogP) is 0.542. The zero-order valence-corrected chi connectivity index (χ0v) is 6.50. The van der Waals surface area contributed by atoms with Crippen molar-refractivity contribution in [1.29, 1.82) is 0 Å². The van der Waals surface area contributed by atoms with Crippen LogP contribution in [0.2, 0.25) is 0 Å². The summed E-state index contributed by atoms with van der Waals surface area (Å²) in [5, 5.41) is 0. The molecule has 0 aliphatic heterocycles. The number of rotatable bonds is 2. The molecule has 1 aromatic rings. The van der Waals surface area contributed by atoms with Gasteiger partial charge in [0, 0.05) is 12.6 Å². The average Bonchev–Trinajstić information content (AvgIpc) is 2.18. The molecule has 0 amide bonds. The summed E-state index contributed by atoms with van der Waals surface area (Å²) < 4.78 is 1.79. The number of hydrogen-bond acceptors (Lipinski definition) is 2. The molecular formula is C5H8BrN3. The fraction of sp³-hybridized carbons (Fsp3) is 0.400. The number of aromatic nitrogens is 2. The Morgan fingerprint density at radius 3 is 3.00 bits per heavy atom. The van der Waals surface area contributed by atoms with Crippen LogP contribution in [0.15, 0.2) is 12.5 Å². The highest BCUT2D eigenvalue weighted by Gasteiger charge is 1.94. The van der Waals surface area contributed by atoms with Crippen molar-refractivity contribution in [3.63, 3.8) is 0 Å². The van der Waals surface area contributed by atoms with E-state index in [1.165, 1.54) is 0 Å². The van der Waals surface area contributed by atoms with Gasteiger partial charge in [-0.1, -0.05) is 0 Å². The normalized spacial score (nSPS) is 10.0. The Labute approximate surface area is 62.2 Å². The van der Waals surface area contributed by atoms with Crippen LogP contribution < -0.4 is 5.73 Å². The van der Waals surface area contributed by atoms with Gasteiger partial charge < -0.3 is 5.73 Å². The first-order valence-corrected chi connectivity index (χ1v) is 3.43. The molecule has 1 rings (SSSR count). The van der Waals surface area contributed by atoms with Gasteiger partial charge in [0.1, 0.15) is 6.33 Å². The van der Waals surface area contributed by atoms with E-state index >= 15 is 0 Å². The Morgan fingerprint density at radius 2 is 2.56 bits per heavy atom. The first kappa shape index (κ1) is 6.77. The van der Waals surface area contributed by atoms with Crippen molar-refractivity contribution in [1.82, 2.24) is 8.58 Å². The summed E-state index contributed by atoms with van der Waals surface area (Å²) >= 11 is 3.27. The van der Waals surface area contributed by atoms with Crippen LogP contribution in [-0.2, 0) is 6.42 Å². The number of halogens is 1. The number of nitrogens with zero attached hydrogens (tertiary/aromatic N) is 2. The highest BCUT2D eigenvalue weighted by Crippen LogP contribution is 2.01. The molecule has 50 valence electrons. The van der Waals surface area contributed by atoms with E-state index in [-0.39, 0.29) is 0 Å². The third-order valence-electron chi connectivity index (χ3n) is 1.07. The molecule has 0 unspecified atom stereocenters. The molecule has 0 aliphatic carbocycles. The topological polar surface area (TPSA) is 43.8 Å². The lowest BCUT2D eigenvalue weighted by Crippen LogP contribution is -2.04. The van der Waals surface area contributed by atoms with E-state index in [4.69, 9.17) is 5.73 Å². The Bertz CT molecular complexity index is 184. The third-order valence-corrected chi connectivity index (χ3v) is 1.71. The van der Waals surface area contributed by atoms with Crippen LogP contribution >= 0.6 is 16.1 Å². The predicted molar refractivity (Wildman–Crippen MR) is 39.3 cm³/mol. The van der Waals surface area contributed by atoms with Gasteiger partial charge >= 0.3 is 0 Å². The second-order valence-corrected chi connectivity index (χ2v) is 2.50. The second-order valence-electron chi connectivity index (χ2n) is 1.73. The maximum atomic E-state index is 5.33. The van der Waals surface area contributed by atoms with E-state index in [2.05, 4.69) is 21.1 Å². The zero-order valence-electron chi connectivity index (χ0n) is 4.92. The Balaban J connectivity index is 2.69.